The molecule has 0 radical (unpaired) electrons. The Labute approximate surface area is 157 Å². The molecule has 3 unspecified atom stereocenters. The van der Waals surface area contributed by atoms with Crippen LogP contribution in [0.15, 0.2) is 43.0 Å². The summed E-state index contributed by atoms with van der Waals surface area (Å²) >= 11 is 0. The van der Waals surface area contributed by atoms with Crippen LogP contribution in [0, 0.1) is 18.8 Å². The molecule has 27 heavy (non-hydrogen) atoms. The topological polar surface area (TPSA) is 90.1 Å². The molecule has 4 rings (SSSR count). The van der Waals surface area contributed by atoms with Crippen LogP contribution in [0.2, 0.25) is 0 Å². The summed E-state index contributed by atoms with van der Waals surface area (Å²) in [6, 6.07) is 9.13. The molecule has 1 aromatic carbocycles. The third kappa shape index (κ3) is 3.42. The fraction of sp³-hybridized carbons (Fsp3) is 0.400. The number of esters is 1. The van der Waals surface area contributed by atoms with Crippen molar-refractivity contribution in [1.29, 1.82) is 0 Å². The molecule has 0 amide bonds. The molecule has 3 atom stereocenters. The first-order valence-electron chi connectivity index (χ1n) is 9.14. The quantitative estimate of drug-likeness (QED) is 0.698. The minimum absolute atomic E-state index is 0.0741. The molecule has 1 N–H and O–H groups in total. The number of carbonyl (C=O) groups excluding carboxylic acids is 1. The van der Waals surface area contributed by atoms with Crippen LogP contribution in [-0.4, -0.2) is 43.8 Å². The van der Waals surface area contributed by atoms with Crippen LogP contribution in [-0.2, 0) is 4.74 Å². The minimum Gasteiger partial charge on any atom is -0.462 e. The number of aliphatic hydroxyl groups is 1. The highest BCUT2D eigenvalue weighted by Crippen LogP contribution is 2.40. The molecule has 0 spiro atoms. The van der Waals surface area contributed by atoms with E-state index < -0.39 is 0 Å². The Bertz CT molecular complexity index is 941. The number of imidazole rings is 1. The van der Waals surface area contributed by atoms with E-state index in [9.17, 15) is 9.90 Å². The third-order valence-electron chi connectivity index (χ3n) is 5.42. The first-order valence-corrected chi connectivity index (χ1v) is 9.14. The van der Waals surface area contributed by atoms with Gasteiger partial charge in [-0.2, -0.15) is 0 Å². The molecule has 3 aromatic rings. The van der Waals surface area contributed by atoms with Crippen molar-refractivity contribution in [3.05, 3.63) is 54.2 Å². The number of hydrogen-bond donors (Lipinski definition) is 1. The number of aryl methyl sites for hydroxylation is 1. The van der Waals surface area contributed by atoms with Crippen LogP contribution < -0.4 is 0 Å². The molecule has 1 fully saturated rings. The van der Waals surface area contributed by atoms with Gasteiger partial charge in [0.05, 0.1) is 24.2 Å². The molecular formula is C20H22N4O3. The highest BCUT2D eigenvalue weighted by atomic mass is 16.5. The predicted molar refractivity (Wildman–Crippen MR) is 99.1 cm³/mol. The minimum atomic E-state index is -0.327. The van der Waals surface area contributed by atoms with Crippen molar-refractivity contribution in [3.63, 3.8) is 0 Å². The second kappa shape index (κ2) is 7.44. The van der Waals surface area contributed by atoms with Crippen LogP contribution in [0.3, 0.4) is 0 Å². The largest absolute Gasteiger partial charge is 0.462 e. The fourth-order valence-corrected chi connectivity index (χ4v) is 3.91. The van der Waals surface area contributed by atoms with Gasteiger partial charge in [-0.05, 0) is 37.8 Å². The Balaban J connectivity index is 1.47. The van der Waals surface area contributed by atoms with Gasteiger partial charge in [-0.3, -0.25) is 0 Å². The van der Waals surface area contributed by atoms with Crippen molar-refractivity contribution in [2.24, 2.45) is 11.8 Å². The van der Waals surface area contributed by atoms with Crippen molar-refractivity contribution in [1.82, 2.24) is 19.5 Å². The Hall–Kier alpha value is -2.80. The van der Waals surface area contributed by atoms with Gasteiger partial charge in [0, 0.05) is 18.6 Å². The van der Waals surface area contributed by atoms with E-state index in [0.717, 1.165) is 29.7 Å². The van der Waals surface area contributed by atoms with Crippen molar-refractivity contribution >= 4 is 17.1 Å². The number of rotatable bonds is 5. The van der Waals surface area contributed by atoms with Gasteiger partial charge < -0.3 is 14.4 Å². The molecule has 1 aliphatic carbocycles. The van der Waals surface area contributed by atoms with Crippen LogP contribution in [0.25, 0.3) is 11.2 Å². The number of benzene rings is 1. The number of ether oxygens (including phenoxy) is 1. The molecule has 0 saturated heterocycles. The molecule has 1 aliphatic rings. The summed E-state index contributed by atoms with van der Waals surface area (Å²) in [5.41, 5.74) is 3.01. The maximum Gasteiger partial charge on any atom is 0.338 e. The number of nitrogens with zero attached hydrogens (tertiary/aromatic N) is 4. The summed E-state index contributed by atoms with van der Waals surface area (Å²) < 4.78 is 7.58. The maximum absolute atomic E-state index is 12.2. The fourth-order valence-electron chi connectivity index (χ4n) is 3.91. The summed E-state index contributed by atoms with van der Waals surface area (Å²) in [7, 11) is 0. The zero-order valence-corrected chi connectivity index (χ0v) is 15.2. The summed E-state index contributed by atoms with van der Waals surface area (Å²) in [6.45, 7) is 2.29. The Kier molecular flexibility index (Phi) is 4.85. The van der Waals surface area contributed by atoms with Crippen LogP contribution >= 0.6 is 0 Å². The number of carbonyl (C=O) groups is 1. The van der Waals surface area contributed by atoms with E-state index in [-0.39, 0.29) is 30.5 Å². The summed E-state index contributed by atoms with van der Waals surface area (Å²) in [5.74, 6) is -0.140. The average Bonchev–Trinajstić information content (AvgIpc) is 3.31. The van der Waals surface area contributed by atoms with Crippen LogP contribution in [0.5, 0.6) is 0 Å². The number of aromatic nitrogens is 4. The maximum atomic E-state index is 12.2. The lowest BCUT2D eigenvalue weighted by atomic mass is 9.98. The number of fused-ring (bicyclic) bond motifs is 1. The highest BCUT2D eigenvalue weighted by molar-refractivity contribution is 5.89. The molecule has 2 heterocycles. The van der Waals surface area contributed by atoms with E-state index in [1.165, 1.54) is 0 Å². The molecular weight excluding hydrogens is 344 g/mol. The highest BCUT2D eigenvalue weighted by Gasteiger charge is 2.36. The first kappa shape index (κ1) is 17.6. The lowest BCUT2D eigenvalue weighted by molar-refractivity contribution is 0.0378. The molecule has 140 valence electrons. The second-order valence-electron chi connectivity index (χ2n) is 7.08. The smallest absolute Gasteiger partial charge is 0.338 e. The molecule has 7 heteroatoms. The lowest BCUT2D eigenvalue weighted by Crippen LogP contribution is -2.20. The van der Waals surface area contributed by atoms with Gasteiger partial charge in [0.15, 0.2) is 5.65 Å². The van der Waals surface area contributed by atoms with Gasteiger partial charge in [0.1, 0.15) is 11.8 Å². The first-order chi connectivity index (χ1) is 13.2. The van der Waals surface area contributed by atoms with Crippen molar-refractivity contribution in [3.8, 4) is 0 Å². The van der Waals surface area contributed by atoms with Gasteiger partial charge in [0.2, 0.25) is 0 Å². The molecule has 2 aromatic heterocycles. The van der Waals surface area contributed by atoms with E-state index in [4.69, 9.17) is 4.74 Å². The van der Waals surface area contributed by atoms with Gasteiger partial charge in [-0.1, -0.05) is 18.2 Å². The van der Waals surface area contributed by atoms with Crippen molar-refractivity contribution in [2.75, 3.05) is 13.2 Å². The van der Waals surface area contributed by atoms with Gasteiger partial charge in [-0.25, -0.2) is 19.7 Å². The lowest BCUT2D eigenvalue weighted by Gasteiger charge is -2.16. The van der Waals surface area contributed by atoms with Crippen LogP contribution in [0.4, 0.5) is 0 Å². The Morgan fingerprint density at radius 2 is 1.96 bits per heavy atom. The molecule has 0 aliphatic heterocycles. The molecule has 1 saturated carbocycles. The molecule has 0 bridgehead atoms. The predicted octanol–water partition coefficient (Wildman–Crippen LogP) is 2.55. The SMILES string of the molecule is Cc1ncnc2c1ncn2C1CC(CO)C(COC(=O)c2ccccc2)C1. The van der Waals surface area contributed by atoms with Crippen molar-refractivity contribution < 1.29 is 14.6 Å². The van der Waals surface area contributed by atoms with Gasteiger partial charge >= 0.3 is 5.97 Å². The van der Waals surface area contributed by atoms with E-state index >= 15 is 0 Å². The average molecular weight is 366 g/mol. The van der Waals surface area contributed by atoms with E-state index in [2.05, 4.69) is 19.5 Å². The molecule has 7 nitrogen and oxygen atoms in total. The zero-order chi connectivity index (χ0) is 18.8. The number of aliphatic hydroxyl groups excluding tert-OH is 1. The van der Waals surface area contributed by atoms with E-state index in [1.54, 1.807) is 24.8 Å². The number of hydrogen-bond acceptors (Lipinski definition) is 6. The standard InChI is InChI=1S/C20H22N4O3/c1-13-18-19(22-11-21-13)24(12-23-18)17-7-15(9-25)16(8-17)10-27-20(26)14-5-3-2-4-6-14/h2-6,11-12,15-17,25H,7-10H2,1H3. The van der Waals surface area contributed by atoms with Gasteiger partial charge in [0.25, 0.3) is 0 Å². The zero-order valence-electron chi connectivity index (χ0n) is 15.2. The summed E-state index contributed by atoms with van der Waals surface area (Å²) in [4.78, 5) is 25.2. The van der Waals surface area contributed by atoms with E-state index in [1.807, 2.05) is 25.1 Å². The Morgan fingerprint density at radius 3 is 2.74 bits per heavy atom. The summed E-state index contributed by atoms with van der Waals surface area (Å²) in [5, 5.41) is 9.80. The van der Waals surface area contributed by atoms with Gasteiger partial charge in [-0.15, -0.1) is 0 Å². The van der Waals surface area contributed by atoms with Crippen molar-refractivity contribution in [2.45, 2.75) is 25.8 Å². The summed E-state index contributed by atoms with van der Waals surface area (Å²) in [6.07, 6.45) is 4.96. The normalized spacial score (nSPS) is 22.2. The monoisotopic (exact) mass is 366 g/mol. The Morgan fingerprint density at radius 1 is 1.19 bits per heavy atom. The second-order valence-corrected chi connectivity index (χ2v) is 7.08. The van der Waals surface area contributed by atoms with E-state index in [0.29, 0.717) is 12.2 Å². The van der Waals surface area contributed by atoms with Crippen LogP contribution in [0.1, 0.15) is 34.9 Å². The third-order valence-corrected chi connectivity index (χ3v) is 5.42.